The van der Waals surface area contributed by atoms with Gasteiger partial charge in [0.25, 0.3) is 0 Å². The Morgan fingerprint density at radius 1 is 0.931 bits per heavy atom. The number of anilines is 1. The van der Waals surface area contributed by atoms with Crippen molar-refractivity contribution in [2.75, 3.05) is 19.1 Å². The van der Waals surface area contributed by atoms with Crippen molar-refractivity contribution in [3.63, 3.8) is 0 Å². The molecule has 1 N–H and O–H groups in total. The van der Waals surface area contributed by atoms with E-state index >= 15 is 0 Å². The quantitative estimate of drug-likeness (QED) is 0.597. The Bertz CT molecular complexity index is 1010. The van der Waals surface area contributed by atoms with Crippen molar-refractivity contribution in [1.29, 1.82) is 0 Å². The van der Waals surface area contributed by atoms with Gasteiger partial charge in [-0.25, -0.2) is 9.18 Å². The molecule has 6 heteroatoms. The molecule has 5 nitrogen and oxygen atoms in total. The van der Waals surface area contributed by atoms with Gasteiger partial charge in [0.05, 0.1) is 19.8 Å². The number of aromatic carboxylic acids is 1. The summed E-state index contributed by atoms with van der Waals surface area (Å²) in [5, 5.41) is 9.35. The Kier molecular flexibility index (Phi) is 6.34. The lowest BCUT2D eigenvalue weighted by molar-refractivity contribution is 0.0697. The lowest BCUT2D eigenvalue weighted by atomic mass is 10.1. The van der Waals surface area contributed by atoms with Gasteiger partial charge in [-0.15, -0.1) is 0 Å². The van der Waals surface area contributed by atoms with E-state index in [9.17, 15) is 14.3 Å². The Morgan fingerprint density at radius 3 is 2.31 bits per heavy atom. The number of carbonyl (C=O) groups is 1. The maximum Gasteiger partial charge on any atom is 0.335 e. The number of hydrogen-bond acceptors (Lipinski definition) is 4. The fraction of sp³-hybridized carbons (Fsp3) is 0.174. The second-order valence-corrected chi connectivity index (χ2v) is 6.46. The second kappa shape index (κ2) is 9.10. The molecule has 0 fully saturated rings. The molecule has 0 saturated carbocycles. The molecule has 0 heterocycles. The molecule has 3 aromatic carbocycles. The third-order valence-electron chi connectivity index (χ3n) is 4.62. The zero-order valence-corrected chi connectivity index (χ0v) is 16.3. The van der Waals surface area contributed by atoms with Gasteiger partial charge in [-0.3, -0.25) is 0 Å². The van der Waals surface area contributed by atoms with E-state index in [4.69, 9.17) is 9.47 Å². The number of ether oxygens (including phenoxy) is 2. The highest BCUT2D eigenvalue weighted by atomic mass is 19.1. The predicted molar refractivity (Wildman–Crippen MR) is 109 cm³/mol. The van der Waals surface area contributed by atoms with Crippen molar-refractivity contribution in [1.82, 2.24) is 0 Å². The summed E-state index contributed by atoms with van der Waals surface area (Å²) in [6.45, 7) is 0.633. The third-order valence-corrected chi connectivity index (χ3v) is 4.62. The van der Waals surface area contributed by atoms with E-state index in [1.807, 2.05) is 17.0 Å². The van der Waals surface area contributed by atoms with E-state index in [1.165, 1.54) is 12.1 Å². The van der Waals surface area contributed by atoms with E-state index in [0.29, 0.717) is 29.3 Å². The first-order valence-electron chi connectivity index (χ1n) is 9.05. The summed E-state index contributed by atoms with van der Waals surface area (Å²) < 4.78 is 25.2. The molecule has 0 aliphatic rings. The Morgan fingerprint density at radius 2 is 1.62 bits per heavy atom. The predicted octanol–water partition coefficient (Wildman–Crippen LogP) is 4.75. The first-order valence-corrected chi connectivity index (χ1v) is 9.05. The molecule has 0 radical (unpaired) electrons. The average Bonchev–Trinajstić information content (AvgIpc) is 2.74. The normalized spacial score (nSPS) is 10.4. The Balaban J connectivity index is 2.03. The number of nitrogens with zero attached hydrogens (tertiary/aromatic N) is 1. The summed E-state index contributed by atoms with van der Waals surface area (Å²) in [6.07, 6.45) is 0. The van der Waals surface area contributed by atoms with Crippen molar-refractivity contribution in [2.45, 2.75) is 13.1 Å². The summed E-state index contributed by atoms with van der Waals surface area (Å²) in [5.41, 5.74) is 2.18. The van der Waals surface area contributed by atoms with Gasteiger partial charge in [-0.1, -0.05) is 36.4 Å². The van der Waals surface area contributed by atoms with Crippen molar-refractivity contribution >= 4 is 11.7 Å². The number of carboxylic acid groups (broad SMARTS) is 1. The highest BCUT2D eigenvalue weighted by Crippen LogP contribution is 2.33. The first kappa shape index (κ1) is 20.2. The minimum atomic E-state index is -1.02. The van der Waals surface area contributed by atoms with E-state index in [0.717, 1.165) is 5.56 Å². The summed E-state index contributed by atoms with van der Waals surface area (Å²) in [6, 6.07) is 18.7. The molecule has 3 rings (SSSR count). The average molecular weight is 395 g/mol. The number of hydrogen-bond donors (Lipinski definition) is 1. The monoisotopic (exact) mass is 395 g/mol. The van der Waals surface area contributed by atoms with Crippen molar-refractivity contribution in [2.24, 2.45) is 0 Å². The molecular formula is C23H22FNO4. The number of benzene rings is 3. The zero-order chi connectivity index (χ0) is 20.8. The molecule has 3 aromatic rings. The fourth-order valence-electron chi connectivity index (χ4n) is 3.19. The van der Waals surface area contributed by atoms with Gasteiger partial charge in [0, 0.05) is 29.9 Å². The lowest BCUT2D eigenvalue weighted by Gasteiger charge is -2.27. The molecule has 0 aliphatic carbocycles. The Hall–Kier alpha value is -3.54. The molecule has 0 saturated heterocycles. The summed E-state index contributed by atoms with van der Waals surface area (Å²) in [4.78, 5) is 13.3. The number of carboxylic acids is 1. The van der Waals surface area contributed by atoms with Crippen LogP contribution in [0.2, 0.25) is 0 Å². The molecule has 0 aliphatic heterocycles. The van der Waals surface area contributed by atoms with Gasteiger partial charge >= 0.3 is 5.97 Å². The van der Waals surface area contributed by atoms with Crippen LogP contribution in [0.25, 0.3) is 0 Å². The van der Waals surface area contributed by atoms with Crippen LogP contribution in [0.4, 0.5) is 10.1 Å². The highest BCUT2D eigenvalue weighted by Gasteiger charge is 2.17. The van der Waals surface area contributed by atoms with E-state index < -0.39 is 5.97 Å². The van der Waals surface area contributed by atoms with Gasteiger partial charge in [0.2, 0.25) is 0 Å². The van der Waals surface area contributed by atoms with Gasteiger partial charge < -0.3 is 19.5 Å². The maximum absolute atomic E-state index is 14.3. The largest absolute Gasteiger partial charge is 0.493 e. The maximum atomic E-state index is 14.3. The lowest BCUT2D eigenvalue weighted by Crippen LogP contribution is -2.23. The van der Waals surface area contributed by atoms with Gasteiger partial charge in [0.1, 0.15) is 5.82 Å². The molecule has 0 amide bonds. The van der Waals surface area contributed by atoms with Crippen LogP contribution in [0.15, 0.2) is 66.7 Å². The summed E-state index contributed by atoms with van der Waals surface area (Å²) in [5.74, 6) is -0.154. The van der Waals surface area contributed by atoms with E-state index in [2.05, 4.69) is 0 Å². The number of rotatable bonds is 8. The topological polar surface area (TPSA) is 59.0 Å². The standard InChI is InChI=1S/C23H22FNO4/c1-28-21-12-6-9-18(22(21)29-2)15-25(14-17-7-3-4-11-20(17)24)19-10-5-8-16(13-19)23(26)27/h3-13H,14-15H2,1-2H3,(H,26,27). The molecule has 29 heavy (non-hydrogen) atoms. The summed E-state index contributed by atoms with van der Waals surface area (Å²) >= 11 is 0. The summed E-state index contributed by atoms with van der Waals surface area (Å²) in [7, 11) is 3.13. The first-order chi connectivity index (χ1) is 14.0. The van der Waals surface area contributed by atoms with Crippen LogP contribution in [0.5, 0.6) is 11.5 Å². The van der Waals surface area contributed by atoms with Crippen LogP contribution in [0.3, 0.4) is 0 Å². The van der Waals surface area contributed by atoms with Crippen LogP contribution in [-0.4, -0.2) is 25.3 Å². The van der Waals surface area contributed by atoms with Gasteiger partial charge in [-0.2, -0.15) is 0 Å². The highest BCUT2D eigenvalue weighted by molar-refractivity contribution is 5.88. The second-order valence-electron chi connectivity index (χ2n) is 6.46. The third kappa shape index (κ3) is 4.66. The fourth-order valence-corrected chi connectivity index (χ4v) is 3.19. The van der Waals surface area contributed by atoms with Crippen molar-refractivity contribution in [3.05, 3.63) is 89.2 Å². The van der Waals surface area contributed by atoms with E-state index in [1.54, 1.807) is 56.7 Å². The number of methoxy groups -OCH3 is 2. The van der Waals surface area contributed by atoms with Crippen molar-refractivity contribution < 1.29 is 23.8 Å². The van der Waals surface area contributed by atoms with Crippen LogP contribution in [0.1, 0.15) is 21.5 Å². The Labute approximate surface area is 168 Å². The van der Waals surface area contributed by atoms with E-state index in [-0.39, 0.29) is 17.9 Å². The molecule has 0 aromatic heterocycles. The SMILES string of the molecule is COc1cccc(CN(Cc2ccccc2F)c2cccc(C(=O)O)c2)c1OC. The van der Waals surface area contributed by atoms with Crippen LogP contribution in [0, 0.1) is 5.82 Å². The van der Waals surface area contributed by atoms with Crippen molar-refractivity contribution in [3.8, 4) is 11.5 Å². The molecule has 0 unspecified atom stereocenters. The smallest absolute Gasteiger partial charge is 0.335 e. The van der Waals surface area contributed by atoms with Crippen LogP contribution in [-0.2, 0) is 13.1 Å². The molecule has 150 valence electrons. The van der Waals surface area contributed by atoms with Crippen LogP contribution >= 0.6 is 0 Å². The number of para-hydroxylation sites is 1. The van der Waals surface area contributed by atoms with Crippen LogP contribution < -0.4 is 14.4 Å². The molecular weight excluding hydrogens is 373 g/mol. The molecule has 0 bridgehead atoms. The zero-order valence-electron chi connectivity index (χ0n) is 16.3. The molecule has 0 atom stereocenters. The van der Waals surface area contributed by atoms with Gasteiger partial charge in [0.15, 0.2) is 11.5 Å². The molecule has 0 spiro atoms. The minimum Gasteiger partial charge on any atom is -0.493 e. The van der Waals surface area contributed by atoms with Gasteiger partial charge in [-0.05, 0) is 30.3 Å². The number of halogens is 1. The minimum absolute atomic E-state index is 0.165.